The third kappa shape index (κ3) is 3.45. The molecule has 0 aliphatic carbocycles. The minimum atomic E-state index is -0.325. The van der Waals surface area contributed by atoms with Gasteiger partial charge in [0.15, 0.2) is 0 Å². The molecule has 0 amide bonds. The molecule has 0 aromatic heterocycles. The van der Waals surface area contributed by atoms with E-state index in [0.717, 1.165) is 18.4 Å². The first-order valence-electron chi connectivity index (χ1n) is 6.02. The number of hydrogen-bond donors (Lipinski definition) is 0. The second-order valence-corrected chi connectivity index (χ2v) is 4.12. The summed E-state index contributed by atoms with van der Waals surface area (Å²) in [5, 5.41) is 0. The molecule has 0 N–H and O–H groups in total. The van der Waals surface area contributed by atoms with Crippen LogP contribution in [0.3, 0.4) is 0 Å². The Morgan fingerprint density at radius 3 is 2.41 bits per heavy atom. The van der Waals surface area contributed by atoms with Crippen LogP contribution in [0.5, 0.6) is 0 Å². The van der Waals surface area contributed by atoms with Gasteiger partial charge in [0.1, 0.15) is 6.61 Å². The molecular formula is C15H20O2. The van der Waals surface area contributed by atoms with Crippen molar-refractivity contribution in [2.75, 3.05) is 0 Å². The summed E-state index contributed by atoms with van der Waals surface area (Å²) in [5.74, 6) is -0.325. The maximum Gasteiger partial charge on any atom is 0.333 e. The van der Waals surface area contributed by atoms with E-state index >= 15 is 0 Å². The standard InChI is InChI=1S/C15H20O2/c1-5-12-8-7-9-13(14(12)6-2)10-17-15(16)11(3)4/h7-9H,3,5-6,10H2,1-2,4H3. The van der Waals surface area contributed by atoms with E-state index in [1.807, 2.05) is 12.1 Å². The van der Waals surface area contributed by atoms with Crippen LogP contribution in [-0.2, 0) is 29.0 Å². The quantitative estimate of drug-likeness (QED) is 0.574. The third-order valence-electron chi connectivity index (χ3n) is 2.81. The molecule has 1 rings (SSSR count). The van der Waals surface area contributed by atoms with Gasteiger partial charge in [-0.25, -0.2) is 4.79 Å². The summed E-state index contributed by atoms with van der Waals surface area (Å²) < 4.78 is 5.19. The summed E-state index contributed by atoms with van der Waals surface area (Å²) in [4.78, 5) is 11.3. The van der Waals surface area contributed by atoms with Crippen molar-refractivity contribution in [2.24, 2.45) is 0 Å². The van der Waals surface area contributed by atoms with Crippen LogP contribution in [0.25, 0.3) is 0 Å². The number of esters is 1. The fourth-order valence-electron chi connectivity index (χ4n) is 1.87. The van der Waals surface area contributed by atoms with Gasteiger partial charge in [0, 0.05) is 5.57 Å². The molecule has 0 spiro atoms. The van der Waals surface area contributed by atoms with Gasteiger partial charge < -0.3 is 4.74 Å². The molecule has 1 aromatic rings. The summed E-state index contributed by atoms with van der Waals surface area (Å²) in [7, 11) is 0. The van der Waals surface area contributed by atoms with Crippen LogP contribution in [0.1, 0.15) is 37.5 Å². The summed E-state index contributed by atoms with van der Waals surface area (Å²) in [6.45, 7) is 9.82. The van der Waals surface area contributed by atoms with E-state index in [0.29, 0.717) is 12.2 Å². The van der Waals surface area contributed by atoms with E-state index < -0.39 is 0 Å². The van der Waals surface area contributed by atoms with Crippen molar-refractivity contribution in [3.63, 3.8) is 0 Å². The Balaban J connectivity index is 2.84. The highest BCUT2D eigenvalue weighted by molar-refractivity contribution is 5.86. The molecule has 0 aliphatic heterocycles. The predicted molar refractivity (Wildman–Crippen MR) is 69.8 cm³/mol. The SMILES string of the molecule is C=C(C)C(=O)OCc1cccc(CC)c1CC. The molecule has 0 unspecified atom stereocenters. The minimum Gasteiger partial charge on any atom is -0.457 e. The van der Waals surface area contributed by atoms with Crippen molar-refractivity contribution in [3.05, 3.63) is 47.0 Å². The Kier molecular flexibility index (Phi) is 4.95. The van der Waals surface area contributed by atoms with E-state index in [9.17, 15) is 4.79 Å². The van der Waals surface area contributed by atoms with E-state index in [4.69, 9.17) is 4.74 Å². The largest absolute Gasteiger partial charge is 0.457 e. The van der Waals surface area contributed by atoms with Gasteiger partial charge in [-0.1, -0.05) is 38.6 Å². The molecule has 0 aliphatic rings. The van der Waals surface area contributed by atoms with Crippen LogP contribution in [0, 0.1) is 0 Å². The average molecular weight is 232 g/mol. The molecule has 1 aromatic carbocycles. The van der Waals surface area contributed by atoms with E-state index in [2.05, 4.69) is 26.5 Å². The molecule has 0 bridgehead atoms. The van der Waals surface area contributed by atoms with Crippen LogP contribution < -0.4 is 0 Å². The zero-order valence-corrected chi connectivity index (χ0v) is 10.9. The highest BCUT2D eigenvalue weighted by Gasteiger charge is 2.08. The third-order valence-corrected chi connectivity index (χ3v) is 2.81. The molecule has 0 saturated heterocycles. The summed E-state index contributed by atoms with van der Waals surface area (Å²) in [6, 6.07) is 6.16. The molecule has 0 fully saturated rings. The Bertz CT molecular complexity index is 419. The summed E-state index contributed by atoms with van der Waals surface area (Å²) >= 11 is 0. The highest BCUT2D eigenvalue weighted by atomic mass is 16.5. The predicted octanol–water partition coefficient (Wildman–Crippen LogP) is 3.43. The number of hydrogen-bond acceptors (Lipinski definition) is 2. The smallest absolute Gasteiger partial charge is 0.333 e. The fourth-order valence-corrected chi connectivity index (χ4v) is 1.87. The second-order valence-electron chi connectivity index (χ2n) is 4.12. The first-order chi connectivity index (χ1) is 8.10. The number of ether oxygens (including phenoxy) is 1. The van der Waals surface area contributed by atoms with Crippen LogP contribution in [0.2, 0.25) is 0 Å². The van der Waals surface area contributed by atoms with E-state index in [1.54, 1.807) is 6.92 Å². The maximum atomic E-state index is 11.3. The molecule has 0 saturated carbocycles. The number of carbonyl (C=O) groups excluding carboxylic acids is 1. The first-order valence-corrected chi connectivity index (χ1v) is 6.02. The van der Waals surface area contributed by atoms with E-state index in [1.165, 1.54) is 11.1 Å². The Hall–Kier alpha value is -1.57. The van der Waals surface area contributed by atoms with Gasteiger partial charge in [-0.3, -0.25) is 0 Å². The van der Waals surface area contributed by atoms with Gasteiger partial charge in [0.25, 0.3) is 0 Å². The number of carbonyl (C=O) groups is 1. The van der Waals surface area contributed by atoms with Gasteiger partial charge in [-0.15, -0.1) is 0 Å². The Morgan fingerprint density at radius 1 is 1.24 bits per heavy atom. The lowest BCUT2D eigenvalue weighted by Crippen LogP contribution is -2.07. The average Bonchev–Trinajstić information content (AvgIpc) is 2.34. The molecule has 17 heavy (non-hydrogen) atoms. The van der Waals surface area contributed by atoms with Crippen molar-refractivity contribution < 1.29 is 9.53 Å². The van der Waals surface area contributed by atoms with Crippen molar-refractivity contribution in [1.29, 1.82) is 0 Å². The molecular weight excluding hydrogens is 212 g/mol. The topological polar surface area (TPSA) is 26.3 Å². The lowest BCUT2D eigenvalue weighted by atomic mass is 9.97. The monoisotopic (exact) mass is 232 g/mol. The lowest BCUT2D eigenvalue weighted by molar-refractivity contribution is -0.140. The van der Waals surface area contributed by atoms with Gasteiger partial charge in [0.05, 0.1) is 0 Å². The Labute approximate surface area is 103 Å². The van der Waals surface area contributed by atoms with Gasteiger partial charge >= 0.3 is 5.97 Å². The fraction of sp³-hybridized carbons (Fsp3) is 0.400. The van der Waals surface area contributed by atoms with Gasteiger partial charge in [-0.05, 0) is 36.5 Å². The normalized spacial score (nSPS) is 10.1. The highest BCUT2D eigenvalue weighted by Crippen LogP contribution is 2.17. The van der Waals surface area contributed by atoms with Gasteiger partial charge in [0.2, 0.25) is 0 Å². The summed E-state index contributed by atoms with van der Waals surface area (Å²) in [6.07, 6.45) is 1.97. The lowest BCUT2D eigenvalue weighted by Gasteiger charge is -2.12. The Morgan fingerprint density at radius 2 is 1.88 bits per heavy atom. The zero-order valence-electron chi connectivity index (χ0n) is 10.9. The second kappa shape index (κ2) is 6.24. The number of aryl methyl sites for hydroxylation is 1. The van der Waals surface area contributed by atoms with Gasteiger partial charge in [-0.2, -0.15) is 0 Å². The molecule has 2 heteroatoms. The summed E-state index contributed by atoms with van der Waals surface area (Å²) in [5.41, 5.74) is 4.16. The number of benzene rings is 1. The van der Waals surface area contributed by atoms with Crippen LogP contribution >= 0.6 is 0 Å². The first kappa shape index (κ1) is 13.5. The van der Waals surface area contributed by atoms with Crippen molar-refractivity contribution in [3.8, 4) is 0 Å². The molecule has 0 heterocycles. The van der Waals surface area contributed by atoms with Crippen molar-refractivity contribution in [1.82, 2.24) is 0 Å². The van der Waals surface area contributed by atoms with Crippen LogP contribution in [-0.4, -0.2) is 5.97 Å². The van der Waals surface area contributed by atoms with Crippen molar-refractivity contribution >= 4 is 5.97 Å². The van der Waals surface area contributed by atoms with Crippen LogP contribution in [0.15, 0.2) is 30.4 Å². The molecule has 2 nitrogen and oxygen atoms in total. The maximum absolute atomic E-state index is 11.3. The minimum absolute atomic E-state index is 0.325. The van der Waals surface area contributed by atoms with E-state index in [-0.39, 0.29) is 5.97 Å². The van der Waals surface area contributed by atoms with Crippen LogP contribution in [0.4, 0.5) is 0 Å². The number of rotatable bonds is 5. The van der Waals surface area contributed by atoms with Crippen molar-refractivity contribution in [2.45, 2.75) is 40.2 Å². The zero-order chi connectivity index (χ0) is 12.8. The molecule has 0 atom stereocenters. The molecule has 92 valence electrons. The molecule has 0 radical (unpaired) electrons.